The molecular formula is C12H17NO4. The Bertz CT molecular complexity index is 342. The predicted octanol–water partition coefficient (Wildman–Crippen LogP) is 1.02. The van der Waals surface area contributed by atoms with Crippen LogP contribution in [0.4, 0.5) is 0 Å². The molecule has 17 heavy (non-hydrogen) atoms. The van der Waals surface area contributed by atoms with Gasteiger partial charge in [0.15, 0.2) is 0 Å². The minimum Gasteiger partial charge on any atom is -0.481 e. The second kappa shape index (κ2) is 4.47. The van der Waals surface area contributed by atoms with E-state index in [2.05, 4.69) is 0 Å². The van der Waals surface area contributed by atoms with Crippen molar-refractivity contribution >= 4 is 17.8 Å². The van der Waals surface area contributed by atoms with Crippen molar-refractivity contribution in [3.05, 3.63) is 0 Å². The van der Waals surface area contributed by atoms with Crippen LogP contribution in [-0.4, -0.2) is 33.8 Å². The van der Waals surface area contributed by atoms with Gasteiger partial charge in [0.25, 0.3) is 0 Å². The summed E-state index contributed by atoms with van der Waals surface area (Å²) in [6.45, 7) is 1.63. The number of likely N-dealkylation sites (tertiary alicyclic amines) is 1. The number of imide groups is 1. The van der Waals surface area contributed by atoms with Crippen LogP contribution in [0, 0.1) is 11.8 Å². The molecule has 1 aliphatic heterocycles. The zero-order valence-corrected chi connectivity index (χ0v) is 9.89. The number of rotatable bonds is 3. The number of hydrogen-bond acceptors (Lipinski definition) is 3. The van der Waals surface area contributed by atoms with Gasteiger partial charge in [-0.2, -0.15) is 0 Å². The van der Waals surface area contributed by atoms with E-state index in [-0.39, 0.29) is 30.1 Å². The van der Waals surface area contributed by atoms with Gasteiger partial charge in [-0.25, -0.2) is 0 Å². The first kappa shape index (κ1) is 12.1. The van der Waals surface area contributed by atoms with Crippen molar-refractivity contribution in [3.8, 4) is 0 Å². The van der Waals surface area contributed by atoms with Gasteiger partial charge >= 0.3 is 5.97 Å². The molecule has 0 spiro atoms. The number of nitrogens with zero attached hydrogens (tertiary/aromatic N) is 1. The zero-order valence-electron chi connectivity index (χ0n) is 9.89. The fraction of sp³-hybridized carbons (Fsp3) is 0.750. The monoisotopic (exact) mass is 239 g/mol. The van der Waals surface area contributed by atoms with E-state index in [1.165, 1.54) is 4.90 Å². The van der Waals surface area contributed by atoms with Gasteiger partial charge in [0, 0.05) is 6.04 Å². The number of hydrogen-bond donors (Lipinski definition) is 1. The van der Waals surface area contributed by atoms with E-state index in [1.54, 1.807) is 6.92 Å². The van der Waals surface area contributed by atoms with Gasteiger partial charge in [0.2, 0.25) is 11.8 Å². The molecule has 3 unspecified atom stereocenters. The van der Waals surface area contributed by atoms with Gasteiger partial charge in [-0.15, -0.1) is 0 Å². The highest BCUT2D eigenvalue weighted by atomic mass is 16.4. The van der Waals surface area contributed by atoms with E-state index in [1.807, 2.05) is 0 Å². The number of fused-ring (bicyclic) bond motifs is 1. The lowest BCUT2D eigenvalue weighted by molar-refractivity contribution is -0.144. The van der Waals surface area contributed by atoms with Crippen LogP contribution in [0.5, 0.6) is 0 Å². The molecule has 1 aliphatic carbocycles. The van der Waals surface area contributed by atoms with Crippen LogP contribution in [0.1, 0.15) is 39.0 Å². The smallest absolute Gasteiger partial charge is 0.305 e. The maximum absolute atomic E-state index is 12.1. The van der Waals surface area contributed by atoms with E-state index in [0.29, 0.717) is 0 Å². The summed E-state index contributed by atoms with van der Waals surface area (Å²) in [6, 6.07) is -0.530. The lowest BCUT2D eigenvalue weighted by atomic mass is 9.81. The normalized spacial score (nSPS) is 30.3. The van der Waals surface area contributed by atoms with Crippen molar-refractivity contribution in [2.24, 2.45) is 11.8 Å². The number of carbonyl (C=O) groups excluding carboxylic acids is 2. The summed E-state index contributed by atoms with van der Waals surface area (Å²) in [7, 11) is 0. The van der Waals surface area contributed by atoms with Gasteiger partial charge in [0.05, 0.1) is 18.3 Å². The molecule has 1 N–H and O–H groups in total. The molecule has 0 radical (unpaired) electrons. The number of amides is 2. The quantitative estimate of drug-likeness (QED) is 0.746. The van der Waals surface area contributed by atoms with E-state index >= 15 is 0 Å². The SMILES string of the molecule is CC(CC(=O)O)N1C(=O)C2CCCCC2C1=O. The minimum atomic E-state index is -0.979. The first-order chi connectivity index (χ1) is 8.02. The maximum Gasteiger partial charge on any atom is 0.305 e. The van der Waals surface area contributed by atoms with Crippen molar-refractivity contribution in [1.82, 2.24) is 4.90 Å². The van der Waals surface area contributed by atoms with E-state index in [4.69, 9.17) is 5.11 Å². The van der Waals surface area contributed by atoms with Gasteiger partial charge in [-0.05, 0) is 19.8 Å². The fourth-order valence-corrected chi connectivity index (χ4v) is 2.97. The number of aliphatic carboxylic acids is 1. The average molecular weight is 239 g/mol. The summed E-state index contributed by atoms with van der Waals surface area (Å²) in [6.07, 6.45) is 3.34. The molecular weight excluding hydrogens is 222 g/mol. The molecule has 5 nitrogen and oxygen atoms in total. The largest absolute Gasteiger partial charge is 0.481 e. The first-order valence-electron chi connectivity index (χ1n) is 6.11. The van der Waals surface area contributed by atoms with Crippen molar-refractivity contribution in [1.29, 1.82) is 0 Å². The molecule has 0 aromatic carbocycles. The lowest BCUT2D eigenvalue weighted by Gasteiger charge is -2.21. The second-order valence-corrected chi connectivity index (χ2v) is 4.99. The zero-order chi connectivity index (χ0) is 12.6. The molecule has 3 atom stereocenters. The highest BCUT2D eigenvalue weighted by Gasteiger charge is 2.49. The molecule has 0 bridgehead atoms. The summed E-state index contributed by atoms with van der Waals surface area (Å²) in [5, 5.41) is 8.73. The predicted molar refractivity (Wildman–Crippen MR) is 59.0 cm³/mol. The van der Waals surface area contributed by atoms with Crippen LogP contribution in [0.2, 0.25) is 0 Å². The summed E-state index contributed by atoms with van der Waals surface area (Å²) < 4.78 is 0. The minimum absolute atomic E-state index is 0.159. The molecule has 0 aromatic heterocycles. The van der Waals surface area contributed by atoms with Crippen LogP contribution in [0.25, 0.3) is 0 Å². The standard InChI is InChI=1S/C12H17NO4/c1-7(6-10(14)15)13-11(16)8-4-2-3-5-9(8)12(13)17/h7-9H,2-6H2,1H3,(H,14,15). The van der Waals surface area contributed by atoms with Gasteiger partial charge < -0.3 is 5.11 Å². The molecule has 2 rings (SSSR count). The van der Waals surface area contributed by atoms with E-state index in [0.717, 1.165) is 25.7 Å². The molecule has 2 aliphatic rings. The Balaban J connectivity index is 2.15. The fourth-order valence-electron chi connectivity index (χ4n) is 2.97. The second-order valence-electron chi connectivity index (χ2n) is 4.99. The summed E-state index contributed by atoms with van der Waals surface area (Å²) in [4.78, 5) is 36.0. The van der Waals surface area contributed by atoms with E-state index in [9.17, 15) is 14.4 Å². The maximum atomic E-state index is 12.1. The average Bonchev–Trinajstić information content (AvgIpc) is 2.51. The van der Waals surface area contributed by atoms with E-state index < -0.39 is 12.0 Å². The summed E-state index contributed by atoms with van der Waals surface area (Å²) in [5.41, 5.74) is 0. The van der Waals surface area contributed by atoms with Crippen molar-refractivity contribution in [2.45, 2.75) is 45.1 Å². The number of carboxylic acids is 1. The van der Waals surface area contributed by atoms with Gasteiger partial charge in [0.1, 0.15) is 0 Å². The van der Waals surface area contributed by atoms with Crippen molar-refractivity contribution in [2.75, 3.05) is 0 Å². The Labute approximate surface area is 99.8 Å². The van der Waals surface area contributed by atoms with Gasteiger partial charge in [-0.1, -0.05) is 12.8 Å². The number of carbonyl (C=O) groups is 3. The Morgan fingerprint density at radius 3 is 2.18 bits per heavy atom. The first-order valence-corrected chi connectivity index (χ1v) is 6.11. The third kappa shape index (κ3) is 2.06. The van der Waals surface area contributed by atoms with Crippen LogP contribution in [-0.2, 0) is 14.4 Å². The van der Waals surface area contributed by atoms with Crippen molar-refractivity contribution in [3.63, 3.8) is 0 Å². The number of carboxylic acid groups (broad SMARTS) is 1. The molecule has 94 valence electrons. The van der Waals surface area contributed by atoms with Crippen LogP contribution >= 0.6 is 0 Å². The lowest BCUT2D eigenvalue weighted by Crippen LogP contribution is -2.40. The van der Waals surface area contributed by atoms with Gasteiger partial charge in [-0.3, -0.25) is 19.3 Å². The summed E-state index contributed by atoms with van der Waals surface area (Å²) >= 11 is 0. The van der Waals surface area contributed by atoms with Crippen LogP contribution in [0.15, 0.2) is 0 Å². The molecule has 1 saturated heterocycles. The third-order valence-corrected chi connectivity index (χ3v) is 3.79. The Morgan fingerprint density at radius 2 is 1.76 bits per heavy atom. The van der Waals surface area contributed by atoms with Crippen LogP contribution < -0.4 is 0 Å². The molecule has 5 heteroatoms. The highest BCUT2D eigenvalue weighted by molar-refractivity contribution is 6.05. The highest BCUT2D eigenvalue weighted by Crippen LogP contribution is 2.39. The molecule has 2 amide bonds. The molecule has 2 fully saturated rings. The summed E-state index contributed by atoms with van der Waals surface area (Å²) in [5.74, 6) is -1.67. The third-order valence-electron chi connectivity index (χ3n) is 3.79. The molecule has 1 heterocycles. The Morgan fingerprint density at radius 1 is 1.29 bits per heavy atom. The Kier molecular flexibility index (Phi) is 3.17. The Hall–Kier alpha value is -1.39. The molecule has 0 aromatic rings. The molecule has 1 saturated carbocycles. The van der Waals surface area contributed by atoms with Crippen LogP contribution in [0.3, 0.4) is 0 Å². The topological polar surface area (TPSA) is 74.7 Å². The van der Waals surface area contributed by atoms with Crippen molar-refractivity contribution < 1.29 is 19.5 Å².